The first-order valence-corrected chi connectivity index (χ1v) is 7.54. The Morgan fingerprint density at radius 2 is 2.10 bits per heavy atom. The fourth-order valence-corrected chi connectivity index (χ4v) is 3.03. The van der Waals surface area contributed by atoms with Crippen LogP contribution in [0.15, 0.2) is 46.2 Å². The van der Waals surface area contributed by atoms with E-state index in [0.717, 1.165) is 16.7 Å². The standard InChI is InChI=1S/C16H16N2O2S/c1-10(14-9-11-5-3-4-6-13(11)20-14)18(2)16(19)15-12(17)7-8-21-15/h3-10H,17H2,1-2H3. The number of nitrogen functional groups attached to an aromatic ring is 1. The normalized spacial score (nSPS) is 12.5. The SMILES string of the molecule is CC(c1cc2ccccc2o1)N(C)C(=O)c1sccc1N. The number of carbonyl (C=O) groups excluding carboxylic acids is 1. The molecular formula is C16H16N2O2S. The third kappa shape index (κ3) is 2.40. The fourth-order valence-electron chi connectivity index (χ4n) is 2.23. The van der Waals surface area contributed by atoms with Crippen LogP contribution < -0.4 is 5.73 Å². The van der Waals surface area contributed by atoms with Crippen molar-refractivity contribution >= 4 is 33.9 Å². The minimum atomic E-state index is -0.161. The predicted octanol–water partition coefficient (Wildman–Crippen LogP) is 3.91. The maximum Gasteiger partial charge on any atom is 0.266 e. The minimum absolute atomic E-state index is 0.0875. The van der Waals surface area contributed by atoms with Crippen molar-refractivity contribution < 1.29 is 9.21 Å². The van der Waals surface area contributed by atoms with Gasteiger partial charge in [0.25, 0.3) is 5.91 Å². The van der Waals surface area contributed by atoms with E-state index in [0.29, 0.717) is 10.6 Å². The molecule has 0 saturated carbocycles. The Bertz CT molecular complexity index is 757. The molecule has 2 N–H and O–H groups in total. The Kier molecular flexibility index (Phi) is 3.43. The third-order valence-corrected chi connectivity index (χ3v) is 4.57. The summed E-state index contributed by atoms with van der Waals surface area (Å²) in [4.78, 5) is 14.7. The van der Waals surface area contributed by atoms with Crippen molar-refractivity contribution in [2.45, 2.75) is 13.0 Å². The van der Waals surface area contributed by atoms with Gasteiger partial charge in [0.15, 0.2) is 0 Å². The van der Waals surface area contributed by atoms with Crippen molar-refractivity contribution in [3.05, 3.63) is 52.4 Å². The van der Waals surface area contributed by atoms with Crippen LogP contribution in [0.5, 0.6) is 0 Å². The Hall–Kier alpha value is -2.27. The molecule has 1 aromatic carbocycles. The third-order valence-electron chi connectivity index (χ3n) is 3.65. The Morgan fingerprint density at radius 1 is 1.33 bits per heavy atom. The van der Waals surface area contributed by atoms with Gasteiger partial charge in [-0.1, -0.05) is 18.2 Å². The molecule has 0 saturated heterocycles. The number of thiophene rings is 1. The summed E-state index contributed by atoms with van der Waals surface area (Å²) in [6.07, 6.45) is 0. The number of para-hydroxylation sites is 1. The summed E-state index contributed by atoms with van der Waals surface area (Å²) in [7, 11) is 1.76. The zero-order chi connectivity index (χ0) is 15.0. The molecule has 4 nitrogen and oxygen atoms in total. The lowest BCUT2D eigenvalue weighted by atomic mass is 10.2. The number of rotatable bonds is 3. The maximum absolute atomic E-state index is 12.5. The van der Waals surface area contributed by atoms with Crippen molar-refractivity contribution in [3.63, 3.8) is 0 Å². The summed E-state index contributed by atoms with van der Waals surface area (Å²) >= 11 is 1.36. The second-order valence-electron chi connectivity index (χ2n) is 4.98. The molecule has 2 aromatic heterocycles. The number of carbonyl (C=O) groups is 1. The number of hydrogen-bond donors (Lipinski definition) is 1. The highest BCUT2D eigenvalue weighted by Crippen LogP contribution is 2.29. The van der Waals surface area contributed by atoms with Crippen LogP contribution in [0.2, 0.25) is 0 Å². The highest BCUT2D eigenvalue weighted by molar-refractivity contribution is 7.12. The van der Waals surface area contributed by atoms with Crippen LogP contribution in [-0.4, -0.2) is 17.9 Å². The van der Waals surface area contributed by atoms with Crippen LogP contribution in [-0.2, 0) is 0 Å². The van der Waals surface area contributed by atoms with Gasteiger partial charge in [-0.15, -0.1) is 11.3 Å². The van der Waals surface area contributed by atoms with Gasteiger partial charge in [-0.05, 0) is 30.5 Å². The molecule has 3 rings (SSSR count). The molecule has 0 radical (unpaired) electrons. The average Bonchev–Trinajstić information content (AvgIpc) is 3.10. The van der Waals surface area contributed by atoms with Gasteiger partial charge >= 0.3 is 0 Å². The van der Waals surface area contributed by atoms with Crippen LogP contribution >= 0.6 is 11.3 Å². The van der Waals surface area contributed by atoms with E-state index in [1.165, 1.54) is 11.3 Å². The molecule has 0 aliphatic heterocycles. The molecule has 1 unspecified atom stereocenters. The first-order chi connectivity index (χ1) is 10.1. The number of furan rings is 1. The summed E-state index contributed by atoms with van der Waals surface area (Å²) in [5, 5.41) is 2.86. The van der Waals surface area contributed by atoms with E-state index in [1.807, 2.05) is 42.6 Å². The molecule has 5 heteroatoms. The first-order valence-electron chi connectivity index (χ1n) is 6.66. The quantitative estimate of drug-likeness (QED) is 0.797. The molecule has 108 valence electrons. The highest BCUT2D eigenvalue weighted by Gasteiger charge is 2.23. The number of nitrogens with two attached hydrogens (primary N) is 1. The van der Waals surface area contributed by atoms with E-state index < -0.39 is 0 Å². The molecule has 0 fully saturated rings. The number of nitrogens with zero attached hydrogens (tertiary/aromatic N) is 1. The average molecular weight is 300 g/mol. The van der Waals surface area contributed by atoms with Crippen LogP contribution in [0, 0.1) is 0 Å². The lowest BCUT2D eigenvalue weighted by molar-refractivity contribution is 0.0733. The van der Waals surface area contributed by atoms with Gasteiger partial charge in [-0.25, -0.2) is 0 Å². The zero-order valence-electron chi connectivity index (χ0n) is 11.9. The highest BCUT2D eigenvalue weighted by atomic mass is 32.1. The van der Waals surface area contributed by atoms with E-state index in [4.69, 9.17) is 10.2 Å². The second-order valence-corrected chi connectivity index (χ2v) is 5.90. The number of fused-ring (bicyclic) bond motifs is 1. The molecule has 0 spiro atoms. The molecule has 1 atom stereocenters. The molecular weight excluding hydrogens is 284 g/mol. The molecule has 3 aromatic rings. The zero-order valence-corrected chi connectivity index (χ0v) is 12.7. The van der Waals surface area contributed by atoms with Gasteiger partial charge < -0.3 is 15.1 Å². The van der Waals surface area contributed by atoms with Gasteiger partial charge in [0, 0.05) is 12.4 Å². The van der Waals surface area contributed by atoms with Crippen molar-refractivity contribution in [1.29, 1.82) is 0 Å². The van der Waals surface area contributed by atoms with Crippen molar-refractivity contribution in [2.75, 3.05) is 12.8 Å². The van der Waals surface area contributed by atoms with E-state index in [-0.39, 0.29) is 11.9 Å². The summed E-state index contributed by atoms with van der Waals surface area (Å²) in [5.41, 5.74) is 7.17. The number of amides is 1. The molecule has 0 aliphatic rings. The smallest absolute Gasteiger partial charge is 0.266 e. The Labute approximate surface area is 126 Å². The summed E-state index contributed by atoms with van der Waals surface area (Å²) < 4.78 is 5.83. The fraction of sp³-hybridized carbons (Fsp3) is 0.188. The number of benzene rings is 1. The van der Waals surface area contributed by atoms with E-state index in [1.54, 1.807) is 18.0 Å². The van der Waals surface area contributed by atoms with E-state index >= 15 is 0 Å². The van der Waals surface area contributed by atoms with Gasteiger partial charge in [-0.2, -0.15) is 0 Å². The van der Waals surface area contributed by atoms with Crippen LogP contribution in [0.4, 0.5) is 5.69 Å². The van der Waals surface area contributed by atoms with Gasteiger partial charge in [0.2, 0.25) is 0 Å². The van der Waals surface area contributed by atoms with Gasteiger partial charge in [0.05, 0.1) is 11.7 Å². The molecule has 0 bridgehead atoms. The molecule has 21 heavy (non-hydrogen) atoms. The van der Waals surface area contributed by atoms with E-state index in [2.05, 4.69) is 0 Å². The molecule has 2 heterocycles. The predicted molar refractivity (Wildman–Crippen MR) is 85.5 cm³/mol. The van der Waals surface area contributed by atoms with Crippen LogP contribution in [0.25, 0.3) is 11.0 Å². The summed E-state index contributed by atoms with van der Waals surface area (Å²) in [6.45, 7) is 1.94. The lowest BCUT2D eigenvalue weighted by Crippen LogP contribution is -2.29. The Morgan fingerprint density at radius 3 is 2.76 bits per heavy atom. The lowest BCUT2D eigenvalue weighted by Gasteiger charge is -2.22. The van der Waals surface area contributed by atoms with Gasteiger partial charge in [-0.3, -0.25) is 4.79 Å². The summed E-state index contributed by atoms with van der Waals surface area (Å²) in [5.74, 6) is 0.678. The van der Waals surface area contributed by atoms with E-state index in [9.17, 15) is 4.79 Å². The number of anilines is 1. The van der Waals surface area contributed by atoms with Crippen LogP contribution in [0.3, 0.4) is 0 Å². The van der Waals surface area contributed by atoms with Gasteiger partial charge in [0.1, 0.15) is 16.2 Å². The molecule has 1 amide bonds. The maximum atomic E-state index is 12.5. The van der Waals surface area contributed by atoms with Crippen molar-refractivity contribution in [1.82, 2.24) is 4.90 Å². The first kappa shape index (κ1) is 13.7. The van der Waals surface area contributed by atoms with Crippen LogP contribution in [0.1, 0.15) is 28.4 Å². The monoisotopic (exact) mass is 300 g/mol. The largest absolute Gasteiger partial charge is 0.459 e. The van der Waals surface area contributed by atoms with Crippen molar-refractivity contribution in [3.8, 4) is 0 Å². The van der Waals surface area contributed by atoms with Crippen molar-refractivity contribution in [2.24, 2.45) is 0 Å². The topological polar surface area (TPSA) is 59.5 Å². The second kappa shape index (κ2) is 5.26. The Balaban J connectivity index is 1.88. The summed E-state index contributed by atoms with van der Waals surface area (Å²) in [6, 6.07) is 11.4. The minimum Gasteiger partial charge on any atom is -0.459 e. The molecule has 0 aliphatic carbocycles. The number of hydrogen-bond acceptors (Lipinski definition) is 4.